The lowest BCUT2D eigenvalue weighted by Crippen LogP contribution is -2.34. The fourth-order valence-electron chi connectivity index (χ4n) is 3.23. The minimum Gasteiger partial charge on any atom is -0.481 e. The smallest absolute Gasteiger partial charge is 0.306 e. The zero-order valence-electron chi connectivity index (χ0n) is 11.7. The number of carboxylic acids is 1. The topological polar surface area (TPSA) is 66.4 Å². The molecule has 1 amide bonds. The van der Waals surface area contributed by atoms with Gasteiger partial charge in [-0.25, -0.2) is 0 Å². The zero-order chi connectivity index (χ0) is 14.8. The molecule has 5 heteroatoms. The van der Waals surface area contributed by atoms with Crippen molar-refractivity contribution in [3.05, 3.63) is 29.8 Å². The Labute approximate surface area is 128 Å². The minimum atomic E-state index is -0.773. The largest absolute Gasteiger partial charge is 0.481 e. The van der Waals surface area contributed by atoms with Crippen molar-refractivity contribution in [3.8, 4) is 0 Å². The molecule has 1 heterocycles. The third-order valence-electron chi connectivity index (χ3n) is 4.43. The van der Waals surface area contributed by atoms with Crippen LogP contribution in [0.15, 0.2) is 29.2 Å². The van der Waals surface area contributed by atoms with E-state index in [0.29, 0.717) is 19.3 Å². The maximum Gasteiger partial charge on any atom is 0.306 e. The van der Waals surface area contributed by atoms with E-state index in [2.05, 4.69) is 17.4 Å². The predicted octanol–water partition coefficient (Wildman–Crippen LogP) is 2.84. The number of benzene rings is 1. The molecule has 2 N–H and O–H groups in total. The number of thioether (sulfide) groups is 1. The molecule has 0 bridgehead atoms. The Balaban J connectivity index is 1.65. The molecule has 1 aromatic rings. The average Bonchev–Trinajstić information content (AvgIpc) is 2.98. The third-order valence-corrected chi connectivity index (χ3v) is 5.55. The van der Waals surface area contributed by atoms with Crippen LogP contribution in [0.4, 0.5) is 0 Å². The third kappa shape index (κ3) is 3.07. The molecule has 4 nitrogen and oxygen atoms in total. The van der Waals surface area contributed by atoms with Gasteiger partial charge in [0.05, 0.1) is 12.0 Å². The van der Waals surface area contributed by atoms with Crippen LogP contribution in [0.5, 0.6) is 0 Å². The van der Waals surface area contributed by atoms with E-state index < -0.39 is 5.97 Å². The number of fused-ring (bicyclic) bond motifs is 1. The summed E-state index contributed by atoms with van der Waals surface area (Å²) in [6, 6.07) is 8.25. The van der Waals surface area contributed by atoms with Gasteiger partial charge in [0.25, 0.3) is 0 Å². The first kappa shape index (κ1) is 14.4. The van der Waals surface area contributed by atoms with Crippen LogP contribution in [-0.4, -0.2) is 22.7 Å². The standard InChI is InChI=1S/C16H19NO3S/c18-15(10-5-6-11(9-10)16(19)20)17-13-7-8-21-14-4-2-1-3-12(13)14/h1-4,10-11,13H,5-9H2,(H,17,18)(H,19,20)/t10-,11+,13?/m0/s1. The maximum absolute atomic E-state index is 12.4. The summed E-state index contributed by atoms with van der Waals surface area (Å²) in [5.74, 6) is -0.248. The highest BCUT2D eigenvalue weighted by atomic mass is 32.2. The molecule has 0 saturated heterocycles. The Morgan fingerprint density at radius 3 is 2.67 bits per heavy atom. The van der Waals surface area contributed by atoms with Crippen molar-refractivity contribution in [1.29, 1.82) is 0 Å². The number of carbonyl (C=O) groups is 2. The second kappa shape index (κ2) is 6.10. The number of aliphatic carboxylic acids is 1. The van der Waals surface area contributed by atoms with E-state index in [1.165, 1.54) is 10.5 Å². The monoisotopic (exact) mass is 305 g/mol. The highest BCUT2D eigenvalue weighted by Gasteiger charge is 2.35. The van der Waals surface area contributed by atoms with E-state index in [1.54, 1.807) is 0 Å². The van der Waals surface area contributed by atoms with Gasteiger partial charge in [0.2, 0.25) is 5.91 Å². The summed E-state index contributed by atoms with van der Waals surface area (Å²) in [5, 5.41) is 12.2. The minimum absolute atomic E-state index is 0.0189. The van der Waals surface area contributed by atoms with Gasteiger partial charge in [-0.15, -0.1) is 11.8 Å². The molecule has 1 unspecified atom stereocenters. The van der Waals surface area contributed by atoms with Crippen LogP contribution >= 0.6 is 11.8 Å². The molecular formula is C16H19NO3S. The van der Waals surface area contributed by atoms with Crippen molar-refractivity contribution < 1.29 is 14.7 Å². The van der Waals surface area contributed by atoms with Crippen molar-refractivity contribution >= 4 is 23.6 Å². The number of hydrogen-bond donors (Lipinski definition) is 2. The Morgan fingerprint density at radius 1 is 1.14 bits per heavy atom. The molecule has 1 aliphatic heterocycles. The van der Waals surface area contributed by atoms with Crippen LogP contribution in [-0.2, 0) is 9.59 Å². The average molecular weight is 305 g/mol. The second-order valence-electron chi connectivity index (χ2n) is 5.78. The fraction of sp³-hybridized carbons (Fsp3) is 0.500. The Morgan fingerprint density at radius 2 is 1.90 bits per heavy atom. The molecule has 112 valence electrons. The van der Waals surface area contributed by atoms with E-state index in [4.69, 9.17) is 5.11 Å². The van der Waals surface area contributed by atoms with Gasteiger partial charge in [0, 0.05) is 16.6 Å². The molecular weight excluding hydrogens is 286 g/mol. The first-order valence-electron chi connectivity index (χ1n) is 7.40. The van der Waals surface area contributed by atoms with Crippen molar-refractivity contribution in [2.24, 2.45) is 11.8 Å². The van der Waals surface area contributed by atoms with Crippen LogP contribution in [0.3, 0.4) is 0 Å². The first-order valence-corrected chi connectivity index (χ1v) is 8.38. The number of hydrogen-bond acceptors (Lipinski definition) is 3. The van der Waals surface area contributed by atoms with E-state index in [0.717, 1.165) is 12.2 Å². The Hall–Kier alpha value is -1.49. The van der Waals surface area contributed by atoms with Crippen LogP contribution in [0.1, 0.15) is 37.3 Å². The van der Waals surface area contributed by atoms with E-state index in [1.807, 2.05) is 23.9 Å². The second-order valence-corrected chi connectivity index (χ2v) is 6.92. The molecule has 3 atom stereocenters. The highest BCUT2D eigenvalue weighted by Crippen LogP contribution is 2.37. The van der Waals surface area contributed by atoms with Crippen LogP contribution in [0.25, 0.3) is 0 Å². The van der Waals surface area contributed by atoms with E-state index in [-0.39, 0.29) is 23.8 Å². The molecule has 1 aromatic carbocycles. The molecule has 1 fully saturated rings. The number of amides is 1. The summed E-state index contributed by atoms with van der Waals surface area (Å²) in [4.78, 5) is 24.6. The van der Waals surface area contributed by atoms with E-state index in [9.17, 15) is 9.59 Å². The quantitative estimate of drug-likeness (QED) is 0.901. The summed E-state index contributed by atoms with van der Waals surface area (Å²) in [7, 11) is 0. The van der Waals surface area contributed by atoms with Crippen LogP contribution in [0, 0.1) is 11.8 Å². The molecule has 0 radical (unpaired) electrons. The molecule has 3 rings (SSSR count). The van der Waals surface area contributed by atoms with Crippen LogP contribution in [0.2, 0.25) is 0 Å². The van der Waals surface area contributed by atoms with Crippen molar-refractivity contribution in [1.82, 2.24) is 5.32 Å². The number of carboxylic acid groups (broad SMARTS) is 1. The number of rotatable bonds is 3. The zero-order valence-corrected chi connectivity index (χ0v) is 12.6. The van der Waals surface area contributed by atoms with Crippen molar-refractivity contribution in [2.75, 3.05) is 5.75 Å². The van der Waals surface area contributed by atoms with Gasteiger partial charge in [-0.2, -0.15) is 0 Å². The van der Waals surface area contributed by atoms with E-state index >= 15 is 0 Å². The number of carbonyl (C=O) groups excluding carboxylic acids is 1. The molecule has 0 aromatic heterocycles. The van der Waals surface area contributed by atoms with Crippen molar-refractivity contribution in [3.63, 3.8) is 0 Å². The molecule has 1 saturated carbocycles. The van der Waals surface area contributed by atoms with Gasteiger partial charge < -0.3 is 10.4 Å². The molecule has 0 spiro atoms. The SMILES string of the molecule is O=C(O)[C@@H]1CC[C@H](C(=O)NC2CCSc3ccccc32)C1. The summed E-state index contributed by atoms with van der Waals surface area (Å²) in [5.41, 5.74) is 1.19. The van der Waals surface area contributed by atoms with Gasteiger partial charge in [-0.3, -0.25) is 9.59 Å². The lowest BCUT2D eigenvalue weighted by atomic mass is 10.0. The Bertz CT molecular complexity index is 560. The summed E-state index contributed by atoms with van der Waals surface area (Å²) < 4.78 is 0. The maximum atomic E-state index is 12.4. The molecule has 21 heavy (non-hydrogen) atoms. The summed E-state index contributed by atoms with van der Waals surface area (Å²) in [6.45, 7) is 0. The summed E-state index contributed by atoms with van der Waals surface area (Å²) >= 11 is 1.83. The molecule has 2 aliphatic rings. The lowest BCUT2D eigenvalue weighted by Gasteiger charge is -2.27. The van der Waals surface area contributed by atoms with Crippen LogP contribution < -0.4 is 5.32 Å². The lowest BCUT2D eigenvalue weighted by molar-refractivity contribution is -0.141. The first-order chi connectivity index (χ1) is 10.1. The van der Waals surface area contributed by atoms with Gasteiger partial charge in [0.15, 0.2) is 0 Å². The number of nitrogens with one attached hydrogen (secondary N) is 1. The van der Waals surface area contributed by atoms with Gasteiger partial charge >= 0.3 is 5.97 Å². The Kier molecular flexibility index (Phi) is 4.19. The van der Waals surface area contributed by atoms with Gasteiger partial charge in [0.1, 0.15) is 0 Å². The fourth-order valence-corrected chi connectivity index (χ4v) is 4.35. The predicted molar refractivity (Wildman–Crippen MR) is 81.1 cm³/mol. The van der Waals surface area contributed by atoms with Gasteiger partial charge in [-0.05, 0) is 37.3 Å². The normalized spacial score (nSPS) is 27.9. The summed E-state index contributed by atoms with van der Waals surface area (Å²) in [6.07, 6.45) is 2.71. The van der Waals surface area contributed by atoms with Gasteiger partial charge in [-0.1, -0.05) is 18.2 Å². The molecule has 1 aliphatic carbocycles. The van der Waals surface area contributed by atoms with Crippen molar-refractivity contribution in [2.45, 2.75) is 36.6 Å². The highest BCUT2D eigenvalue weighted by molar-refractivity contribution is 7.99.